The molecule has 0 aliphatic rings. The molecule has 0 aliphatic carbocycles. The van der Waals surface area contributed by atoms with Gasteiger partial charge >= 0.3 is 5.97 Å². The summed E-state index contributed by atoms with van der Waals surface area (Å²) in [5, 5.41) is 9.03. The summed E-state index contributed by atoms with van der Waals surface area (Å²) in [5.41, 5.74) is 0. The Morgan fingerprint density at radius 1 is 1.20 bits per heavy atom. The zero-order valence-electron chi connectivity index (χ0n) is 10.7. The molecule has 0 aromatic heterocycles. The van der Waals surface area contributed by atoms with E-state index in [1.807, 2.05) is 6.92 Å². The van der Waals surface area contributed by atoms with Gasteiger partial charge in [0, 0.05) is 0 Å². The van der Waals surface area contributed by atoms with E-state index < -0.39 is 14.8 Å². The first-order valence-corrected chi connectivity index (χ1v) is 9.13. The average Bonchev–Trinajstić information content (AvgIpc) is 2.17. The third-order valence-electron chi connectivity index (χ3n) is 3.64. The molecule has 1 atom stereocenters. The summed E-state index contributed by atoms with van der Waals surface area (Å²) >= 11 is 0. The van der Waals surface area contributed by atoms with Crippen LogP contribution in [0.3, 0.4) is 0 Å². The zero-order chi connectivity index (χ0) is 11.9. The Hall–Kier alpha value is -0.313. The van der Waals surface area contributed by atoms with Crippen molar-refractivity contribution in [1.29, 1.82) is 0 Å². The molecule has 1 unspecified atom stereocenters. The first-order valence-electron chi connectivity index (χ1n) is 6.24. The van der Waals surface area contributed by atoms with Crippen molar-refractivity contribution in [3.63, 3.8) is 0 Å². The topological polar surface area (TPSA) is 37.3 Å². The van der Waals surface area contributed by atoms with Crippen molar-refractivity contribution in [3.8, 4) is 0 Å². The van der Waals surface area contributed by atoms with Crippen LogP contribution in [-0.2, 0) is 4.79 Å². The second-order valence-electron chi connectivity index (χ2n) is 4.78. The maximum absolute atomic E-state index is 11.4. The van der Waals surface area contributed by atoms with Crippen LogP contribution in [0.25, 0.3) is 0 Å². The summed E-state index contributed by atoms with van der Waals surface area (Å²) in [7, 11) is -1.13. The van der Waals surface area contributed by atoms with Crippen LogP contribution < -0.4 is 0 Å². The highest BCUT2D eigenvalue weighted by Gasteiger charge is 2.39. The van der Waals surface area contributed by atoms with Crippen molar-refractivity contribution in [2.24, 2.45) is 0 Å². The molecule has 3 heteroatoms. The van der Waals surface area contributed by atoms with Gasteiger partial charge in [0.25, 0.3) is 0 Å². The van der Waals surface area contributed by atoms with Crippen LogP contribution >= 0.6 is 0 Å². The molecule has 0 aromatic rings. The van der Waals surface area contributed by atoms with E-state index in [1.165, 1.54) is 19.3 Å². The Kier molecular flexibility index (Phi) is 6.90. The molecule has 0 saturated heterocycles. The van der Waals surface area contributed by atoms with Gasteiger partial charge in [-0.25, -0.2) is 0 Å². The molecule has 0 fully saturated rings. The van der Waals surface area contributed by atoms with E-state index in [1.54, 1.807) is 0 Å². The molecule has 15 heavy (non-hydrogen) atoms. The lowest BCUT2D eigenvalue weighted by Gasteiger charge is -2.31. The number of carboxylic acid groups (broad SMARTS) is 1. The highest BCUT2D eigenvalue weighted by molar-refractivity contribution is 6.63. The van der Waals surface area contributed by atoms with E-state index >= 15 is 0 Å². The fourth-order valence-electron chi connectivity index (χ4n) is 2.25. The molecule has 0 rings (SSSR count). The van der Waals surface area contributed by atoms with E-state index in [4.69, 9.17) is 0 Å². The highest BCUT2D eigenvalue weighted by atomic mass is 28.3. The molecule has 0 bridgehead atoms. The minimum Gasteiger partial charge on any atom is -0.481 e. The quantitative estimate of drug-likeness (QED) is 0.510. The van der Waals surface area contributed by atoms with E-state index in [9.17, 15) is 9.90 Å². The zero-order valence-corrected chi connectivity index (χ0v) is 11.8. The van der Waals surface area contributed by atoms with E-state index in [2.05, 4.69) is 20.0 Å². The number of hydrogen-bond donors (Lipinski definition) is 1. The second kappa shape index (κ2) is 7.04. The molecule has 2 nitrogen and oxygen atoms in total. The lowest BCUT2D eigenvalue weighted by molar-refractivity contribution is -0.141. The van der Waals surface area contributed by atoms with Crippen LogP contribution in [0.2, 0.25) is 18.1 Å². The van der Waals surface area contributed by atoms with Crippen molar-refractivity contribution < 1.29 is 9.90 Å². The Morgan fingerprint density at radius 2 is 1.80 bits per heavy atom. The highest BCUT2D eigenvalue weighted by Crippen LogP contribution is 2.40. The third-order valence-corrected chi connectivity index (χ3v) is 6.79. The molecular formula is C12H26O2Si. The number of unbranched alkanes of at least 4 members (excludes halogenated alkanes) is 3. The van der Waals surface area contributed by atoms with Crippen molar-refractivity contribution in [1.82, 2.24) is 0 Å². The molecular weight excluding hydrogens is 204 g/mol. The summed E-state index contributed by atoms with van der Waals surface area (Å²) < 4.78 is 0. The summed E-state index contributed by atoms with van der Waals surface area (Å²) in [6, 6.07) is 0. The van der Waals surface area contributed by atoms with Gasteiger partial charge < -0.3 is 5.11 Å². The summed E-state index contributed by atoms with van der Waals surface area (Å²) in [6.45, 7) is 8.54. The maximum Gasteiger partial charge on any atom is 0.306 e. The fraction of sp³-hybridized carbons (Fsp3) is 0.917. The van der Waals surface area contributed by atoms with E-state index in [0.29, 0.717) is 0 Å². The summed E-state index contributed by atoms with van der Waals surface area (Å²) in [4.78, 5) is 11.4. The van der Waals surface area contributed by atoms with Crippen LogP contribution in [0.4, 0.5) is 0 Å². The van der Waals surface area contributed by atoms with Crippen LogP contribution in [0, 0.1) is 0 Å². The monoisotopic (exact) mass is 230 g/mol. The molecule has 0 amide bonds. The van der Waals surface area contributed by atoms with E-state index in [0.717, 1.165) is 19.3 Å². The molecule has 1 N–H and O–H groups in total. The van der Waals surface area contributed by atoms with Gasteiger partial charge in [-0.05, 0) is 12.8 Å². The first kappa shape index (κ1) is 14.7. The molecule has 0 aliphatic heterocycles. The van der Waals surface area contributed by atoms with Crippen molar-refractivity contribution in [2.45, 2.75) is 70.5 Å². The second-order valence-corrected chi connectivity index (χ2v) is 8.19. The van der Waals surface area contributed by atoms with Gasteiger partial charge in [0.15, 0.2) is 0 Å². The molecule has 90 valence electrons. The third kappa shape index (κ3) is 3.97. The Balaban J connectivity index is 4.30. The SMILES string of the molecule is CCCCCCC(CC)(C(=O)O)[SiH](C)C. The summed E-state index contributed by atoms with van der Waals surface area (Å²) in [5.74, 6) is -0.553. The molecule has 0 radical (unpaired) electrons. The van der Waals surface area contributed by atoms with Crippen LogP contribution in [0.15, 0.2) is 0 Å². The average molecular weight is 230 g/mol. The lowest BCUT2D eigenvalue weighted by Crippen LogP contribution is -2.35. The number of carboxylic acids is 1. The van der Waals surface area contributed by atoms with Gasteiger partial charge in [-0.2, -0.15) is 0 Å². The van der Waals surface area contributed by atoms with Gasteiger partial charge in [0.2, 0.25) is 0 Å². The lowest BCUT2D eigenvalue weighted by atomic mass is 9.97. The molecule has 0 saturated carbocycles. The number of rotatable bonds is 8. The van der Waals surface area contributed by atoms with Crippen molar-refractivity contribution >= 4 is 14.8 Å². The standard InChI is InChI=1S/C12H26O2Si/c1-5-7-8-9-10-12(6-2,11(13)14)15(3)4/h15H,5-10H2,1-4H3,(H,13,14). The van der Waals surface area contributed by atoms with Crippen molar-refractivity contribution in [2.75, 3.05) is 0 Å². The largest absolute Gasteiger partial charge is 0.481 e. The number of aliphatic carboxylic acids is 1. The Bertz CT molecular complexity index is 192. The predicted molar refractivity (Wildman–Crippen MR) is 68.3 cm³/mol. The Labute approximate surface area is 95.7 Å². The maximum atomic E-state index is 11.4. The molecule has 0 heterocycles. The molecule has 0 aromatic carbocycles. The first-order chi connectivity index (χ1) is 7.01. The van der Waals surface area contributed by atoms with Crippen LogP contribution in [0.1, 0.15) is 52.4 Å². The van der Waals surface area contributed by atoms with Gasteiger partial charge in [0.05, 0.1) is 13.8 Å². The minimum atomic E-state index is -1.13. The minimum absolute atomic E-state index is 0.353. The predicted octanol–water partition coefficient (Wildman–Crippen LogP) is 3.68. The normalized spacial score (nSPS) is 15.3. The van der Waals surface area contributed by atoms with Crippen LogP contribution in [0.5, 0.6) is 0 Å². The Morgan fingerprint density at radius 3 is 2.13 bits per heavy atom. The smallest absolute Gasteiger partial charge is 0.306 e. The van der Waals surface area contributed by atoms with Gasteiger partial charge in [-0.15, -0.1) is 0 Å². The van der Waals surface area contributed by atoms with Gasteiger partial charge in [0.1, 0.15) is 0 Å². The van der Waals surface area contributed by atoms with Crippen molar-refractivity contribution in [3.05, 3.63) is 0 Å². The van der Waals surface area contributed by atoms with Gasteiger partial charge in [-0.3, -0.25) is 4.79 Å². The van der Waals surface area contributed by atoms with E-state index in [-0.39, 0.29) is 5.04 Å². The number of hydrogen-bond acceptors (Lipinski definition) is 1. The van der Waals surface area contributed by atoms with Crippen LogP contribution in [-0.4, -0.2) is 19.9 Å². The van der Waals surface area contributed by atoms with Gasteiger partial charge in [-0.1, -0.05) is 52.6 Å². The fourth-order valence-corrected chi connectivity index (χ4v) is 4.34. The molecule has 0 spiro atoms. The number of carbonyl (C=O) groups is 1. The summed E-state index contributed by atoms with van der Waals surface area (Å²) in [6.07, 6.45) is 6.41.